The number of ether oxygens (including phenoxy) is 2. The molecular weight excluding hydrogens is 372 g/mol. The van der Waals surface area contributed by atoms with Gasteiger partial charge >= 0.3 is 6.09 Å². The highest BCUT2D eigenvalue weighted by atomic mass is 16.6. The summed E-state index contributed by atoms with van der Waals surface area (Å²) in [6, 6.07) is 12.1. The monoisotopic (exact) mass is 398 g/mol. The van der Waals surface area contributed by atoms with Crippen molar-refractivity contribution in [3.05, 3.63) is 66.0 Å². The summed E-state index contributed by atoms with van der Waals surface area (Å²) in [4.78, 5) is 28.5. The molecule has 154 valence electrons. The number of nitrogens with zero attached hydrogens (tertiary/aromatic N) is 2. The first-order valence-electron chi connectivity index (χ1n) is 9.17. The van der Waals surface area contributed by atoms with Crippen LogP contribution in [0.2, 0.25) is 0 Å². The molecule has 0 aliphatic heterocycles. The molecule has 0 aliphatic rings. The molecule has 0 saturated carbocycles. The van der Waals surface area contributed by atoms with Crippen LogP contribution >= 0.6 is 0 Å². The van der Waals surface area contributed by atoms with Crippen molar-refractivity contribution in [1.82, 2.24) is 15.7 Å². The van der Waals surface area contributed by atoms with Crippen LogP contribution in [0, 0.1) is 0 Å². The van der Waals surface area contributed by atoms with Crippen molar-refractivity contribution < 1.29 is 19.1 Å². The Morgan fingerprint density at radius 2 is 1.93 bits per heavy atom. The minimum atomic E-state index is -0.973. The van der Waals surface area contributed by atoms with Crippen LogP contribution in [-0.2, 0) is 20.9 Å². The maximum Gasteiger partial charge on any atom is 0.408 e. The number of alkyl carbamates (subject to hydrolysis) is 1. The van der Waals surface area contributed by atoms with Crippen LogP contribution in [0.5, 0.6) is 0 Å². The van der Waals surface area contributed by atoms with Crippen molar-refractivity contribution in [2.75, 3.05) is 6.61 Å². The molecule has 2 aromatic rings. The van der Waals surface area contributed by atoms with Crippen LogP contribution in [0.25, 0.3) is 0 Å². The number of nitrogens with one attached hydrogen (secondary N) is 2. The Bertz CT molecular complexity index is 804. The Kier molecular flexibility index (Phi) is 8.29. The number of benzene rings is 1. The Morgan fingerprint density at radius 3 is 2.59 bits per heavy atom. The van der Waals surface area contributed by atoms with Crippen molar-refractivity contribution in [3.8, 4) is 0 Å². The highest BCUT2D eigenvalue weighted by Gasteiger charge is 2.24. The minimum absolute atomic E-state index is 0.0393. The number of hydrogen-bond acceptors (Lipinski definition) is 6. The zero-order valence-corrected chi connectivity index (χ0v) is 16.8. The van der Waals surface area contributed by atoms with E-state index in [-0.39, 0.29) is 6.61 Å². The van der Waals surface area contributed by atoms with Crippen molar-refractivity contribution in [2.45, 2.75) is 39.0 Å². The highest BCUT2D eigenvalue weighted by Crippen LogP contribution is 2.07. The van der Waals surface area contributed by atoms with E-state index in [0.717, 1.165) is 11.1 Å². The number of hydrazone groups is 1. The van der Waals surface area contributed by atoms with Gasteiger partial charge < -0.3 is 14.8 Å². The third-order valence-corrected chi connectivity index (χ3v) is 3.48. The van der Waals surface area contributed by atoms with E-state index in [1.165, 1.54) is 6.21 Å². The van der Waals surface area contributed by atoms with E-state index in [4.69, 9.17) is 9.47 Å². The molecule has 0 saturated heterocycles. The Labute approximate surface area is 170 Å². The predicted octanol–water partition coefficient (Wildman–Crippen LogP) is 2.64. The molecule has 0 spiro atoms. The van der Waals surface area contributed by atoms with Crippen molar-refractivity contribution in [1.29, 1.82) is 0 Å². The topological polar surface area (TPSA) is 102 Å². The van der Waals surface area contributed by atoms with Crippen LogP contribution in [0.15, 0.2) is 60.0 Å². The molecule has 1 aromatic heterocycles. The quantitative estimate of drug-likeness (QED) is 0.526. The molecule has 1 atom stereocenters. The highest BCUT2D eigenvalue weighted by molar-refractivity contribution is 5.87. The standard InChI is InChI=1S/C21H26N4O4/c1-21(2,3)29-20(27)24-18(15-28-14-16-8-5-4-6-9-16)19(26)25-23-13-17-10-7-11-22-12-17/h4-13,18H,14-15H2,1-3H3,(H,24,27)(H,25,26)/b23-13-/t18-/m0/s1. The van der Waals surface area contributed by atoms with Crippen molar-refractivity contribution in [3.63, 3.8) is 0 Å². The van der Waals surface area contributed by atoms with Gasteiger partial charge in [0.2, 0.25) is 0 Å². The van der Waals surface area contributed by atoms with Gasteiger partial charge in [-0.3, -0.25) is 9.78 Å². The first-order valence-corrected chi connectivity index (χ1v) is 9.17. The number of hydrogen-bond donors (Lipinski definition) is 2. The van der Waals surface area contributed by atoms with Gasteiger partial charge in [0.05, 0.1) is 19.4 Å². The van der Waals surface area contributed by atoms with Gasteiger partial charge in [-0.25, -0.2) is 10.2 Å². The average Bonchev–Trinajstić information content (AvgIpc) is 2.67. The lowest BCUT2D eigenvalue weighted by molar-refractivity contribution is -0.124. The molecule has 29 heavy (non-hydrogen) atoms. The third kappa shape index (κ3) is 8.98. The van der Waals surface area contributed by atoms with Gasteiger partial charge in [-0.05, 0) is 32.4 Å². The SMILES string of the molecule is CC(C)(C)OC(=O)N[C@@H](COCc1ccccc1)C(=O)N/N=C\c1cccnc1. The molecule has 0 unspecified atom stereocenters. The molecule has 8 heteroatoms. The fourth-order valence-electron chi connectivity index (χ4n) is 2.20. The largest absolute Gasteiger partial charge is 0.444 e. The van der Waals surface area contributed by atoms with Gasteiger partial charge in [-0.15, -0.1) is 0 Å². The number of pyridine rings is 1. The van der Waals surface area contributed by atoms with Crippen LogP contribution in [-0.4, -0.2) is 41.4 Å². The zero-order chi connectivity index (χ0) is 21.1. The lowest BCUT2D eigenvalue weighted by atomic mass is 10.2. The van der Waals surface area contributed by atoms with E-state index in [1.54, 1.807) is 45.3 Å². The molecule has 0 bridgehead atoms. The number of carbonyl (C=O) groups excluding carboxylic acids is 2. The Morgan fingerprint density at radius 1 is 1.17 bits per heavy atom. The second-order valence-electron chi connectivity index (χ2n) is 7.22. The number of carbonyl (C=O) groups is 2. The van der Waals surface area contributed by atoms with E-state index < -0.39 is 23.6 Å². The normalized spacial score (nSPS) is 12.4. The minimum Gasteiger partial charge on any atom is -0.444 e. The maximum atomic E-state index is 12.5. The summed E-state index contributed by atoms with van der Waals surface area (Å²) < 4.78 is 10.8. The first kappa shape index (κ1) is 22.0. The van der Waals surface area contributed by atoms with E-state index in [0.29, 0.717) is 6.61 Å². The van der Waals surface area contributed by atoms with Crippen LogP contribution in [0.3, 0.4) is 0 Å². The maximum absolute atomic E-state index is 12.5. The van der Waals surface area contributed by atoms with E-state index in [1.807, 2.05) is 30.3 Å². The molecule has 8 nitrogen and oxygen atoms in total. The number of amides is 2. The molecule has 0 fully saturated rings. The van der Waals surface area contributed by atoms with Crippen LogP contribution in [0.1, 0.15) is 31.9 Å². The second-order valence-corrected chi connectivity index (χ2v) is 7.22. The van der Waals surface area contributed by atoms with Crippen molar-refractivity contribution >= 4 is 18.2 Å². The van der Waals surface area contributed by atoms with Gasteiger partial charge in [0.1, 0.15) is 11.6 Å². The van der Waals surface area contributed by atoms with Crippen molar-refractivity contribution in [2.24, 2.45) is 5.10 Å². The molecule has 1 aromatic carbocycles. The Balaban J connectivity index is 1.95. The summed E-state index contributed by atoms with van der Waals surface area (Å²) in [6.07, 6.45) is 3.99. The fourth-order valence-corrected chi connectivity index (χ4v) is 2.20. The summed E-state index contributed by atoms with van der Waals surface area (Å²) in [7, 11) is 0. The summed E-state index contributed by atoms with van der Waals surface area (Å²) in [6.45, 7) is 5.49. The van der Waals surface area contributed by atoms with Crippen LogP contribution < -0.4 is 10.7 Å². The summed E-state index contributed by atoms with van der Waals surface area (Å²) in [5.41, 5.74) is 3.40. The lowest BCUT2D eigenvalue weighted by Crippen LogP contribution is -2.49. The van der Waals surface area contributed by atoms with Gasteiger partial charge in [0.15, 0.2) is 0 Å². The van der Waals surface area contributed by atoms with Gasteiger partial charge in [-0.1, -0.05) is 36.4 Å². The van der Waals surface area contributed by atoms with E-state index in [2.05, 4.69) is 20.8 Å². The molecule has 2 rings (SSSR count). The summed E-state index contributed by atoms with van der Waals surface area (Å²) >= 11 is 0. The molecule has 2 amide bonds. The fraction of sp³-hybridized carbons (Fsp3) is 0.333. The van der Waals surface area contributed by atoms with E-state index in [9.17, 15) is 9.59 Å². The lowest BCUT2D eigenvalue weighted by Gasteiger charge is -2.22. The molecule has 1 heterocycles. The molecule has 0 aliphatic carbocycles. The van der Waals surface area contributed by atoms with Gasteiger partial charge in [0.25, 0.3) is 5.91 Å². The zero-order valence-electron chi connectivity index (χ0n) is 16.8. The summed E-state index contributed by atoms with van der Waals surface area (Å²) in [5, 5.41) is 6.42. The smallest absolute Gasteiger partial charge is 0.408 e. The van der Waals surface area contributed by atoms with Gasteiger partial charge in [-0.2, -0.15) is 5.10 Å². The van der Waals surface area contributed by atoms with Crippen LogP contribution in [0.4, 0.5) is 4.79 Å². The predicted molar refractivity (Wildman–Crippen MR) is 109 cm³/mol. The molecule has 2 N–H and O–H groups in total. The number of aromatic nitrogens is 1. The second kappa shape index (κ2) is 10.9. The Hall–Kier alpha value is -3.26. The molecule has 0 radical (unpaired) electrons. The van der Waals surface area contributed by atoms with E-state index >= 15 is 0 Å². The summed E-state index contributed by atoms with van der Waals surface area (Å²) in [5.74, 6) is -0.524. The number of rotatable bonds is 8. The first-order chi connectivity index (χ1) is 13.8. The third-order valence-electron chi connectivity index (χ3n) is 3.48. The average molecular weight is 398 g/mol. The molecular formula is C21H26N4O4. The van der Waals surface area contributed by atoms with Gasteiger partial charge in [0, 0.05) is 18.0 Å².